The summed E-state index contributed by atoms with van der Waals surface area (Å²) in [6, 6.07) is 13.0. The first-order valence-electron chi connectivity index (χ1n) is 6.79. The summed E-state index contributed by atoms with van der Waals surface area (Å²) < 4.78 is 26.9. The first kappa shape index (κ1) is 15.5. The number of anilines is 1. The number of hydrogen-bond acceptors (Lipinski definition) is 4. The molecule has 0 saturated heterocycles. The maximum absolute atomic E-state index is 12.1. The number of pyridine rings is 1. The lowest BCUT2D eigenvalue weighted by Crippen LogP contribution is -2.25. The quantitative estimate of drug-likeness (QED) is 0.768. The summed E-state index contributed by atoms with van der Waals surface area (Å²) >= 11 is 0. The van der Waals surface area contributed by atoms with Gasteiger partial charge in [-0.3, -0.25) is 0 Å². The second-order valence-electron chi connectivity index (χ2n) is 4.61. The van der Waals surface area contributed by atoms with Gasteiger partial charge < -0.3 is 5.32 Å². The second-order valence-corrected chi connectivity index (χ2v) is 6.38. The minimum absolute atomic E-state index is 0.224. The summed E-state index contributed by atoms with van der Waals surface area (Å²) in [5.41, 5.74) is 1.21. The molecule has 1 aromatic carbocycles. The van der Waals surface area contributed by atoms with Crippen LogP contribution in [0.4, 0.5) is 5.82 Å². The van der Waals surface area contributed by atoms with Crippen molar-refractivity contribution in [1.29, 1.82) is 0 Å². The van der Waals surface area contributed by atoms with E-state index >= 15 is 0 Å². The lowest BCUT2D eigenvalue weighted by Gasteiger charge is -2.08. The normalized spacial score (nSPS) is 11.3. The zero-order valence-corrected chi connectivity index (χ0v) is 12.7. The number of aromatic nitrogens is 1. The van der Waals surface area contributed by atoms with Gasteiger partial charge in [-0.25, -0.2) is 18.1 Å². The van der Waals surface area contributed by atoms with Crippen LogP contribution in [0.1, 0.15) is 12.0 Å². The third-order valence-corrected chi connectivity index (χ3v) is 4.53. The molecule has 0 aliphatic heterocycles. The third-order valence-electron chi connectivity index (χ3n) is 3.07. The van der Waals surface area contributed by atoms with E-state index in [2.05, 4.69) is 15.0 Å². The van der Waals surface area contributed by atoms with E-state index in [1.165, 1.54) is 23.9 Å². The Hall–Kier alpha value is -1.92. The number of benzene rings is 1. The summed E-state index contributed by atoms with van der Waals surface area (Å²) in [6.45, 7) is 0.411. The fourth-order valence-electron chi connectivity index (χ4n) is 1.94. The van der Waals surface area contributed by atoms with Crippen molar-refractivity contribution in [3.8, 4) is 0 Å². The maximum Gasteiger partial charge on any atom is 0.240 e. The zero-order valence-electron chi connectivity index (χ0n) is 11.9. The van der Waals surface area contributed by atoms with Gasteiger partial charge in [0, 0.05) is 25.9 Å². The number of sulfonamides is 1. The minimum atomic E-state index is -3.48. The highest BCUT2D eigenvalue weighted by Gasteiger charge is 2.13. The fourth-order valence-corrected chi connectivity index (χ4v) is 3.03. The van der Waals surface area contributed by atoms with Gasteiger partial charge in [-0.1, -0.05) is 30.3 Å². The van der Waals surface area contributed by atoms with Gasteiger partial charge in [-0.15, -0.1) is 0 Å². The van der Waals surface area contributed by atoms with E-state index in [1.54, 1.807) is 7.05 Å². The molecule has 0 unspecified atom stereocenters. The Labute approximate surface area is 125 Å². The average Bonchev–Trinajstić information content (AvgIpc) is 2.53. The summed E-state index contributed by atoms with van der Waals surface area (Å²) in [5, 5.41) is 2.82. The fraction of sp³-hybridized carbons (Fsp3) is 0.267. The van der Waals surface area contributed by atoms with Crippen LogP contribution < -0.4 is 10.0 Å². The van der Waals surface area contributed by atoms with Crippen molar-refractivity contribution in [3.63, 3.8) is 0 Å². The smallest absolute Gasteiger partial charge is 0.240 e. The highest BCUT2D eigenvalue weighted by Crippen LogP contribution is 2.12. The van der Waals surface area contributed by atoms with E-state index < -0.39 is 10.0 Å². The summed E-state index contributed by atoms with van der Waals surface area (Å²) in [6.07, 6.45) is 3.08. The molecule has 0 radical (unpaired) electrons. The minimum Gasteiger partial charge on any atom is -0.373 e. The Morgan fingerprint density at radius 2 is 1.90 bits per heavy atom. The monoisotopic (exact) mass is 305 g/mol. The Morgan fingerprint density at radius 1 is 1.14 bits per heavy atom. The number of nitrogens with zero attached hydrogens (tertiary/aromatic N) is 1. The first-order chi connectivity index (χ1) is 10.1. The molecule has 2 aromatic rings. The Bertz CT molecular complexity index is 672. The summed E-state index contributed by atoms with van der Waals surface area (Å²) in [5.74, 6) is 0.530. The van der Waals surface area contributed by atoms with Gasteiger partial charge in [0.1, 0.15) is 5.82 Å². The first-order valence-corrected chi connectivity index (χ1v) is 8.27. The summed E-state index contributed by atoms with van der Waals surface area (Å²) in [7, 11) is -1.78. The number of rotatable bonds is 7. The van der Waals surface area contributed by atoms with Gasteiger partial charge in [0.25, 0.3) is 0 Å². The van der Waals surface area contributed by atoms with Crippen LogP contribution in [0.5, 0.6) is 0 Å². The van der Waals surface area contributed by atoms with Crippen LogP contribution in [0.25, 0.3) is 0 Å². The van der Waals surface area contributed by atoms with Crippen molar-refractivity contribution in [3.05, 3.63) is 54.2 Å². The standard InChI is InChI=1S/C15H19N3O2S/c1-16-15-12-14(9-11-17-15)21(19,20)18-10-5-8-13-6-3-2-4-7-13/h2-4,6-7,9,11-12,18H,5,8,10H2,1H3,(H,16,17). The molecule has 0 atom stereocenters. The molecular weight excluding hydrogens is 286 g/mol. The molecule has 0 fully saturated rings. The molecule has 0 saturated carbocycles. The van der Waals surface area contributed by atoms with E-state index in [0.29, 0.717) is 12.4 Å². The van der Waals surface area contributed by atoms with Gasteiger partial charge in [0.15, 0.2) is 0 Å². The number of nitrogens with one attached hydrogen (secondary N) is 2. The van der Waals surface area contributed by atoms with Crippen molar-refractivity contribution in [1.82, 2.24) is 9.71 Å². The van der Waals surface area contributed by atoms with Crippen molar-refractivity contribution in [2.24, 2.45) is 0 Å². The predicted octanol–water partition coefficient (Wildman–Crippen LogP) is 2.03. The molecule has 0 aliphatic rings. The van der Waals surface area contributed by atoms with Crippen molar-refractivity contribution >= 4 is 15.8 Å². The third kappa shape index (κ3) is 4.54. The van der Waals surface area contributed by atoms with E-state index in [0.717, 1.165) is 12.8 Å². The van der Waals surface area contributed by atoms with Gasteiger partial charge in [-0.05, 0) is 24.5 Å². The molecular formula is C15H19N3O2S. The van der Waals surface area contributed by atoms with Crippen molar-refractivity contribution in [2.75, 3.05) is 18.9 Å². The Kier molecular flexibility index (Phi) is 5.30. The van der Waals surface area contributed by atoms with Crippen LogP contribution in [0, 0.1) is 0 Å². The Morgan fingerprint density at radius 3 is 2.62 bits per heavy atom. The average molecular weight is 305 g/mol. The van der Waals surface area contributed by atoms with E-state index in [4.69, 9.17) is 0 Å². The molecule has 112 valence electrons. The van der Waals surface area contributed by atoms with E-state index in [9.17, 15) is 8.42 Å². The molecule has 0 bridgehead atoms. The van der Waals surface area contributed by atoms with Crippen LogP contribution in [0.15, 0.2) is 53.6 Å². The van der Waals surface area contributed by atoms with Gasteiger partial charge >= 0.3 is 0 Å². The summed E-state index contributed by atoms with van der Waals surface area (Å²) in [4.78, 5) is 4.23. The molecule has 2 N–H and O–H groups in total. The van der Waals surface area contributed by atoms with Crippen LogP contribution >= 0.6 is 0 Å². The van der Waals surface area contributed by atoms with E-state index in [1.807, 2.05) is 30.3 Å². The largest absolute Gasteiger partial charge is 0.373 e. The second kappa shape index (κ2) is 7.19. The maximum atomic E-state index is 12.1. The van der Waals surface area contributed by atoms with E-state index in [-0.39, 0.29) is 4.90 Å². The SMILES string of the molecule is CNc1cc(S(=O)(=O)NCCCc2ccccc2)ccn1. The molecule has 2 rings (SSSR count). The molecule has 0 aliphatic carbocycles. The highest BCUT2D eigenvalue weighted by molar-refractivity contribution is 7.89. The van der Waals surface area contributed by atoms with Crippen LogP contribution in [0.3, 0.4) is 0 Å². The molecule has 0 amide bonds. The number of hydrogen-bond donors (Lipinski definition) is 2. The topological polar surface area (TPSA) is 71.1 Å². The molecule has 21 heavy (non-hydrogen) atoms. The van der Waals surface area contributed by atoms with Crippen LogP contribution in [-0.2, 0) is 16.4 Å². The Balaban J connectivity index is 1.89. The molecule has 5 nitrogen and oxygen atoms in total. The lowest BCUT2D eigenvalue weighted by molar-refractivity contribution is 0.579. The molecule has 0 spiro atoms. The molecule has 1 aromatic heterocycles. The molecule has 1 heterocycles. The van der Waals surface area contributed by atoms with Gasteiger partial charge in [0.05, 0.1) is 4.90 Å². The lowest BCUT2D eigenvalue weighted by atomic mass is 10.1. The van der Waals surface area contributed by atoms with Gasteiger partial charge in [-0.2, -0.15) is 0 Å². The highest BCUT2D eigenvalue weighted by atomic mass is 32.2. The van der Waals surface area contributed by atoms with Gasteiger partial charge in [0.2, 0.25) is 10.0 Å². The van der Waals surface area contributed by atoms with Crippen LogP contribution in [0.2, 0.25) is 0 Å². The van der Waals surface area contributed by atoms with Crippen molar-refractivity contribution < 1.29 is 8.42 Å². The number of aryl methyl sites for hydroxylation is 1. The van der Waals surface area contributed by atoms with Crippen LogP contribution in [-0.4, -0.2) is 27.0 Å². The van der Waals surface area contributed by atoms with Crippen molar-refractivity contribution in [2.45, 2.75) is 17.7 Å². The molecule has 6 heteroatoms. The predicted molar refractivity (Wildman–Crippen MR) is 83.7 cm³/mol. The zero-order chi connectivity index (χ0) is 15.1.